The van der Waals surface area contributed by atoms with Crippen LogP contribution in [0.2, 0.25) is 4.34 Å². The van der Waals surface area contributed by atoms with Crippen LogP contribution in [0.4, 0.5) is 5.69 Å². The second-order valence-electron chi connectivity index (χ2n) is 7.24. The monoisotopic (exact) mass is 459 g/mol. The Morgan fingerprint density at radius 2 is 1.80 bits per heavy atom. The largest absolute Gasteiger partial charge is 0.378 e. The molecule has 0 bridgehead atoms. The van der Waals surface area contributed by atoms with E-state index in [4.69, 9.17) is 11.6 Å². The number of rotatable bonds is 7. The number of fused-ring (bicyclic) bond motifs is 1. The maximum atomic E-state index is 12.8. The summed E-state index contributed by atoms with van der Waals surface area (Å²) in [5, 5.41) is 1.08. The van der Waals surface area contributed by atoms with Crippen LogP contribution in [0, 0.1) is 0 Å². The van der Waals surface area contributed by atoms with Crippen LogP contribution in [0.15, 0.2) is 71.1 Å². The smallest absolute Gasteiger partial charge is 0.250 e. The van der Waals surface area contributed by atoms with Crippen LogP contribution < -0.4 is 9.62 Å². The average Bonchev–Trinajstić information content (AvgIpc) is 3.36. The molecule has 4 rings (SSSR count). The summed E-state index contributed by atoms with van der Waals surface area (Å²) >= 11 is 6.98. The molecule has 5 nitrogen and oxygen atoms in total. The Hall–Kier alpha value is -2.32. The van der Waals surface area contributed by atoms with Gasteiger partial charge in [0.15, 0.2) is 0 Å². The zero-order chi connectivity index (χ0) is 21.3. The van der Waals surface area contributed by atoms with Gasteiger partial charge in [-0.2, -0.15) is 0 Å². The molecule has 0 aliphatic rings. The third kappa shape index (κ3) is 4.25. The Morgan fingerprint density at radius 3 is 2.47 bits per heavy atom. The molecule has 2 heterocycles. The molecule has 0 radical (unpaired) electrons. The predicted molar refractivity (Wildman–Crippen MR) is 125 cm³/mol. The molecule has 2 aromatic carbocycles. The standard InChI is InChI=1S/C22H22ClN3O2S2/c1-26(2)16-9-7-15(8-10-16)18(19-13-24-20-6-4-3-5-17(19)20)14-25-30(27,28)22-12-11-21(23)29-22/h3-13,18,24-25H,14H2,1-2H3. The number of hydrogen-bond acceptors (Lipinski definition) is 4. The molecule has 0 aliphatic carbocycles. The lowest BCUT2D eigenvalue weighted by Gasteiger charge is -2.20. The van der Waals surface area contributed by atoms with E-state index in [1.807, 2.05) is 55.5 Å². The Kier molecular flexibility index (Phi) is 5.88. The summed E-state index contributed by atoms with van der Waals surface area (Å²) in [6, 6.07) is 19.4. The molecule has 0 amide bonds. The lowest BCUT2D eigenvalue weighted by molar-refractivity contribution is 0.580. The Labute approximate surface area is 185 Å². The number of anilines is 1. The van der Waals surface area contributed by atoms with Crippen molar-refractivity contribution in [2.45, 2.75) is 10.1 Å². The van der Waals surface area contributed by atoms with Crippen molar-refractivity contribution < 1.29 is 8.42 Å². The molecule has 0 saturated carbocycles. The number of H-pyrrole nitrogens is 1. The molecule has 0 saturated heterocycles. The van der Waals surface area contributed by atoms with E-state index in [1.54, 1.807) is 6.07 Å². The van der Waals surface area contributed by atoms with Crippen molar-refractivity contribution in [2.75, 3.05) is 25.5 Å². The van der Waals surface area contributed by atoms with Crippen molar-refractivity contribution in [2.24, 2.45) is 0 Å². The fourth-order valence-electron chi connectivity index (χ4n) is 3.50. The predicted octanol–water partition coefficient (Wildman–Crippen LogP) is 5.06. The van der Waals surface area contributed by atoms with Gasteiger partial charge in [0.1, 0.15) is 4.21 Å². The van der Waals surface area contributed by atoms with Crippen molar-refractivity contribution >= 4 is 49.6 Å². The second kappa shape index (κ2) is 8.43. The molecule has 30 heavy (non-hydrogen) atoms. The van der Waals surface area contributed by atoms with Gasteiger partial charge in [0, 0.05) is 49.3 Å². The lowest BCUT2D eigenvalue weighted by atomic mass is 9.91. The zero-order valence-electron chi connectivity index (χ0n) is 16.6. The number of para-hydroxylation sites is 1. The number of thiophene rings is 1. The molecule has 8 heteroatoms. The van der Waals surface area contributed by atoms with Gasteiger partial charge in [-0.05, 0) is 41.5 Å². The van der Waals surface area contributed by atoms with E-state index < -0.39 is 10.0 Å². The van der Waals surface area contributed by atoms with Crippen molar-refractivity contribution in [3.05, 3.63) is 82.3 Å². The minimum absolute atomic E-state index is 0.150. The first kappa shape index (κ1) is 20.9. The third-order valence-corrected chi connectivity index (χ3v) is 8.25. The summed E-state index contributed by atoms with van der Waals surface area (Å²) in [6.45, 7) is 0.237. The Bertz CT molecular complexity index is 1260. The van der Waals surface area contributed by atoms with E-state index in [2.05, 4.69) is 27.9 Å². The summed E-state index contributed by atoms with van der Waals surface area (Å²) in [5.74, 6) is -0.150. The van der Waals surface area contributed by atoms with Crippen LogP contribution in [0.1, 0.15) is 17.0 Å². The van der Waals surface area contributed by atoms with Gasteiger partial charge in [0.2, 0.25) is 10.0 Å². The summed E-state index contributed by atoms with van der Waals surface area (Å²) in [5.41, 5.74) is 4.20. The van der Waals surface area contributed by atoms with E-state index in [0.717, 1.165) is 39.1 Å². The van der Waals surface area contributed by atoms with Gasteiger partial charge in [0.25, 0.3) is 0 Å². The molecule has 0 spiro atoms. The first-order valence-corrected chi connectivity index (χ1v) is 12.1. The first-order valence-electron chi connectivity index (χ1n) is 9.43. The maximum absolute atomic E-state index is 12.8. The van der Waals surface area contributed by atoms with Crippen molar-refractivity contribution in [1.82, 2.24) is 9.71 Å². The number of aromatic amines is 1. The van der Waals surface area contributed by atoms with Gasteiger partial charge in [-0.15, -0.1) is 11.3 Å². The minimum atomic E-state index is -3.64. The van der Waals surface area contributed by atoms with Crippen LogP contribution in [-0.2, 0) is 10.0 Å². The summed E-state index contributed by atoms with van der Waals surface area (Å²) in [6.07, 6.45) is 1.96. The molecule has 2 N–H and O–H groups in total. The summed E-state index contributed by atoms with van der Waals surface area (Å²) in [7, 11) is 0.342. The van der Waals surface area contributed by atoms with Crippen molar-refractivity contribution in [1.29, 1.82) is 0 Å². The number of benzene rings is 2. The molecule has 1 unspecified atom stereocenters. The fourth-order valence-corrected chi connectivity index (χ4v) is 6.08. The van der Waals surface area contributed by atoms with Gasteiger partial charge in [-0.1, -0.05) is 41.9 Å². The summed E-state index contributed by atoms with van der Waals surface area (Å²) < 4.78 is 29.0. The van der Waals surface area contributed by atoms with Crippen LogP contribution in [-0.4, -0.2) is 34.0 Å². The first-order chi connectivity index (χ1) is 14.3. The van der Waals surface area contributed by atoms with E-state index in [9.17, 15) is 8.42 Å². The number of hydrogen-bond donors (Lipinski definition) is 2. The maximum Gasteiger partial charge on any atom is 0.250 e. The summed E-state index contributed by atoms with van der Waals surface area (Å²) in [4.78, 5) is 5.33. The van der Waals surface area contributed by atoms with Gasteiger partial charge in [-0.3, -0.25) is 0 Å². The molecular formula is C22H22ClN3O2S2. The quantitative estimate of drug-likeness (QED) is 0.406. The molecule has 156 valence electrons. The average molecular weight is 460 g/mol. The van der Waals surface area contributed by atoms with Crippen molar-refractivity contribution in [3.63, 3.8) is 0 Å². The number of nitrogens with zero attached hydrogens (tertiary/aromatic N) is 1. The number of halogens is 1. The van der Waals surface area contributed by atoms with E-state index in [-0.39, 0.29) is 16.7 Å². The van der Waals surface area contributed by atoms with E-state index >= 15 is 0 Å². The topological polar surface area (TPSA) is 65.2 Å². The van der Waals surface area contributed by atoms with E-state index in [1.165, 1.54) is 6.07 Å². The van der Waals surface area contributed by atoms with Gasteiger partial charge in [0.05, 0.1) is 4.34 Å². The van der Waals surface area contributed by atoms with E-state index in [0.29, 0.717) is 4.34 Å². The number of aromatic nitrogens is 1. The minimum Gasteiger partial charge on any atom is -0.378 e. The molecule has 1 atom stereocenters. The lowest BCUT2D eigenvalue weighted by Crippen LogP contribution is -2.28. The molecule has 2 aromatic heterocycles. The highest BCUT2D eigenvalue weighted by atomic mass is 35.5. The van der Waals surface area contributed by atoms with Crippen molar-refractivity contribution in [3.8, 4) is 0 Å². The Balaban J connectivity index is 1.70. The van der Waals surface area contributed by atoms with Gasteiger partial charge < -0.3 is 9.88 Å². The number of nitrogens with one attached hydrogen (secondary N) is 2. The second-order valence-corrected chi connectivity index (χ2v) is 10.9. The van der Waals surface area contributed by atoms with Crippen LogP contribution >= 0.6 is 22.9 Å². The Morgan fingerprint density at radius 1 is 1.07 bits per heavy atom. The normalized spacial score (nSPS) is 12.9. The van der Waals surface area contributed by atoms with Crippen LogP contribution in [0.25, 0.3) is 10.9 Å². The molecule has 0 fully saturated rings. The van der Waals surface area contributed by atoms with Crippen LogP contribution in [0.5, 0.6) is 0 Å². The number of sulfonamides is 1. The van der Waals surface area contributed by atoms with Crippen LogP contribution in [0.3, 0.4) is 0 Å². The highest BCUT2D eigenvalue weighted by Gasteiger charge is 2.23. The molecular weight excluding hydrogens is 438 g/mol. The third-order valence-electron chi connectivity index (χ3n) is 5.10. The highest BCUT2D eigenvalue weighted by molar-refractivity contribution is 7.91. The SMILES string of the molecule is CN(C)c1ccc(C(CNS(=O)(=O)c2ccc(Cl)s2)c2c[nH]c3ccccc23)cc1. The van der Waals surface area contributed by atoms with Gasteiger partial charge >= 0.3 is 0 Å². The molecule has 0 aliphatic heterocycles. The zero-order valence-corrected chi connectivity index (χ0v) is 19.0. The fraction of sp³-hybridized carbons (Fsp3) is 0.182. The molecule has 4 aromatic rings. The highest BCUT2D eigenvalue weighted by Crippen LogP contribution is 2.32. The van der Waals surface area contributed by atoms with Gasteiger partial charge in [-0.25, -0.2) is 13.1 Å².